The van der Waals surface area contributed by atoms with Crippen LogP contribution in [0.5, 0.6) is 0 Å². The predicted octanol–water partition coefficient (Wildman–Crippen LogP) is -9.61. The molecular formula is C12H16Mg3O20P2. The van der Waals surface area contributed by atoms with Crippen molar-refractivity contribution < 1.29 is 98.4 Å². The van der Waals surface area contributed by atoms with Gasteiger partial charge >= 0.3 is 81.1 Å². The van der Waals surface area contributed by atoms with Gasteiger partial charge in [-0.05, 0) is 0 Å². The molecule has 0 aromatic carbocycles. The van der Waals surface area contributed by atoms with Gasteiger partial charge in [-0.1, -0.05) is 0 Å². The van der Waals surface area contributed by atoms with Crippen LogP contribution >= 0.6 is 15.6 Å². The fourth-order valence-corrected chi connectivity index (χ4v) is 1.65. The molecule has 0 fully saturated rings. The minimum atomic E-state index is -5.39. The Kier molecular flexibility index (Phi) is 26.3. The second-order valence-corrected chi connectivity index (χ2v) is 7.30. The Balaban J connectivity index is -0.000000129. The number of esters is 2. The summed E-state index contributed by atoms with van der Waals surface area (Å²) in [5.74, 6) is -5.56. The Hall–Kier alpha value is -0.0213. The van der Waals surface area contributed by atoms with E-state index in [2.05, 4.69) is 9.47 Å². The van der Waals surface area contributed by atoms with E-state index in [-0.39, 0.29) is 69.2 Å². The van der Waals surface area contributed by atoms with Crippen LogP contribution in [0.2, 0.25) is 0 Å². The average Bonchev–Trinajstić information content (AvgIpc) is 3.09. The Morgan fingerprint density at radius 3 is 0.946 bits per heavy atom. The zero-order chi connectivity index (χ0) is 27.6. The molecule has 0 unspecified atom stereocenters. The molecule has 0 aliphatic carbocycles. The molecule has 25 heteroatoms. The predicted molar refractivity (Wildman–Crippen MR) is 103 cm³/mol. The zero-order valence-electron chi connectivity index (χ0n) is 18.2. The molecule has 0 radical (unpaired) electrons. The maximum atomic E-state index is 10.5. The third-order valence-corrected chi connectivity index (χ3v) is 2.95. The van der Waals surface area contributed by atoms with Gasteiger partial charge in [0.2, 0.25) is 11.5 Å². The number of cyclic esters (lactones) is 2. The molecule has 0 aromatic rings. The Bertz CT molecular complexity index is 780. The normalized spacial score (nSPS) is 19.9. The van der Waals surface area contributed by atoms with Crippen LogP contribution in [0.1, 0.15) is 0 Å². The zero-order valence-corrected chi connectivity index (χ0v) is 24.2. The van der Waals surface area contributed by atoms with Crippen molar-refractivity contribution in [2.75, 3.05) is 13.2 Å². The number of hydrogen-bond donors (Lipinski definition) is 8. The van der Waals surface area contributed by atoms with E-state index in [0.29, 0.717) is 0 Å². The molecule has 20 nitrogen and oxygen atoms in total. The average molecular weight is 615 g/mol. The van der Waals surface area contributed by atoms with E-state index < -0.39 is 88.3 Å². The largest absolute Gasteiger partial charge is 2.00 e. The van der Waals surface area contributed by atoms with Crippen molar-refractivity contribution in [2.45, 2.75) is 24.4 Å². The molecule has 2 aliphatic rings. The molecule has 4 atom stereocenters. The topological polar surface area (TPSA) is 387 Å². The number of carbonyl (C=O) groups is 2. The van der Waals surface area contributed by atoms with E-state index in [0.717, 1.165) is 0 Å². The molecule has 37 heavy (non-hydrogen) atoms. The summed E-state index contributed by atoms with van der Waals surface area (Å²) in [5, 5.41) is 70.1. The van der Waals surface area contributed by atoms with Gasteiger partial charge in [-0.25, -0.2) is 9.59 Å². The van der Waals surface area contributed by atoms with Crippen molar-refractivity contribution in [1.29, 1.82) is 0 Å². The fourth-order valence-electron chi connectivity index (χ4n) is 1.65. The summed E-state index contributed by atoms with van der Waals surface area (Å²) in [5.41, 5.74) is 0. The monoisotopic (exact) mass is 614 g/mol. The van der Waals surface area contributed by atoms with E-state index >= 15 is 0 Å². The Labute approximate surface area is 254 Å². The first-order valence-electron chi connectivity index (χ1n) is 7.85. The van der Waals surface area contributed by atoms with Gasteiger partial charge in [-0.15, -0.1) is 0 Å². The van der Waals surface area contributed by atoms with Crippen LogP contribution in [-0.4, -0.2) is 160 Å². The smallest absolute Gasteiger partial charge is 0.822 e. The Morgan fingerprint density at radius 2 is 0.838 bits per heavy atom. The van der Waals surface area contributed by atoms with Crippen LogP contribution in [-0.2, 0) is 28.2 Å². The van der Waals surface area contributed by atoms with Gasteiger partial charge in [0.1, 0.15) is 12.2 Å². The van der Waals surface area contributed by atoms with Crippen LogP contribution in [0, 0.1) is 0 Å². The summed E-state index contributed by atoms with van der Waals surface area (Å²) in [4.78, 5) is 72.4. The number of ether oxygens (including phenoxy) is 2. The van der Waals surface area contributed by atoms with Gasteiger partial charge in [-0.2, -0.15) is 15.6 Å². The summed E-state index contributed by atoms with van der Waals surface area (Å²) in [6, 6.07) is 0. The van der Waals surface area contributed by atoms with Gasteiger partial charge in [0, 0.05) is 0 Å². The van der Waals surface area contributed by atoms with Crippen LogP contribution in [0.3, 0.4) is 0 Å². The third kappa shape index (κ3) is 21.5. The second kappa shape index (κ2) is 20.8. The Morgan fingerprint density at radius 1 is 0.649 bits per heavy atom. The van der Waals surface area contributed by atoms with E-state index in [1.165, 1.54) is 0 Å². The number of aliphatic hydroxyl groups excluding tert-OH is 8. The molecule has 200 valence electrons. The molecule has 8 N–H and O–H groups in total. The molecule has 0 bridgehead atoms. The van der Waals surface area contributed by atoms with Gasteiger partial charge in [-0.3, -0.25) is 0 Å². The summed E-state index contributed by atoms with van der Waals surface area (Å²) in [6.45, 7) is -1.34. The van der Waals surface area contributed by atoms with Crippen molar-refractivity contribution in [1.82, 2.24) is 0 Å². The van der Waals surface area contributed by atoms with E-state index in [1.54, 1.807) is 0 Å². The van der Waals surface area contributed by atoms with Gasteiger partial charge in [0.15, 0.2) is 23.7 Å². The summed E-state index contributed by atoms with van der Waals surface area (Å²) in [6.07, 6.45) is -5.55. The fraction of sp³-hybridized carbons (Fsp3) is 0.500. The van der Waals surface area contributed by atoms with E-state index in [9.17, 15) is 9.59 Å². The molecular weight excluding hydrogens is 599 g/mol. The maximum Gasteiger partial charge on any atom is 2.00 e. The van der Waals surface area contributed by atoms with Crippen molar-refractivity contribution in [3.63, 3.8) is 0 Å². The molecule has 2 rings (SSSR count). The first kappa shape index (κ1) is 46.8. The summed E-state index contributed by atoms with van der Waals surface area (Å²) >= 11 is 0. The molecule has 0 aromatic heterocycles. The van der Waals surface area contributed by atoms with E-state index in [4.69, 9.17) is 79.3 Å². The van der Waals surface area contributed by atoms with Crippen LogP contribution in [0.25, 0.3) is 0 Å². The maximum absolute atomic E-state index is 10.5. The van der Waals surface area contributed by atoms with Gasteiger partial charge in [0.25, 0.3) is 0 Å². The minimum Gasteiger partial charge on any atom is -0.822 e. The molecule has 0 spiro atoms. The van der Waals surface area contributed by atoms with Crippen LogP contribution < -0.4 is 29.4 Å². The van der Waals surface area contributed by atoms with Crippen LogP contribution in [0.15, 0.2) is 23.0 Å². The van der Waals surface area contributed by atoms with Gasteiger partial charge < -0.3 is 88.8 Å². The van der Waals surface area contributed by atoms with E-state index in [1.807, 2.05) is 0 Å². The number of hydrogen-bond acceptors (Lipinski definition) is 20. The summed E-state index contributed by atoms with van der Waals surface area (Å²) < 4.78 is 25.7. The molecule has 2 aliphatic heterocycles. The summed E-state index contributed by atoms with van der Waals surface area (Å²) in [7, 11) is -10.8. The number of rotatable bonds is 4. The second-order valence-electron chi connectivity index (χ2n) is 5.51. The number of carbonyl (C=O) groups excluding carboxylic acids is 2. The molecule has 0 amide bonds. The first-order chi connectivity index (χ1) is 15.1. The number of phosphoric acid groups is 2. The van der Waals surface area contributed by atoms with Crippen molar-refractivity contribution >= 4 is 96.7 Å². The molecule has 0 saturated heterocycles. The van der Waals surface area contributed by atoms with Crippen molar-refractivity contribution in [3.8, 4) is 0 Å². The standard InChI is InChI=1S/2C6H8O6.3Mg.2H3O4P/c2*7-1-2(8)5-3(9)4(10)6(11)12-5;;;;2*1-5(2,3)4/h2*2,5,7-10H,1H2;;;;2*(H3,1,2,3,4)/q;;3*+2;;/p-6/t2*2-,5+;;;;;/m00...../s1. The SMILES string of the molecule is O=C1O[C@H]([C@@H](O)CO)C(O)=C1O.O=C1O[C@H]([C@@H](O)CO)C(O)=C1O.O=P([O-])([O-])[O-].O=P([O-])([O-])[O-].[Mg+2].[Mg+2].[Mg+2]. The van der Waals surface area contributed by atoms with Crippen molar-refractivity contribution in [3.05, 3.63) is 23.0 Å². The third-order valence-electron chi connectivity index (χ3n) is 2.95. The van der Waals surface area contributed by atoms with Crippen molar-refractivity contribution in [2.24, 2.45) is 0 Å². The minimum absolute atomic E-state index is 0. The van der Waals surface area contributed by atoms with Crippen LogP contribution in [0.4, 0.5) is 0 Å². The molecule has 2 heterocycles. The first-order valence-corrected chi connectivity index (χ1v) is 10.8. The number of aliphatic hydroxyl groups is 8. The quantitative estimate of drug-likeness (QED) is 0.0826. The molecule has 0 saturated carbocycles. The van der Waals surface area contributed by atoms with Gasteiger partial charge in [0.05, 0.1) is 13.2 Å².